The molecule has 6 heteroatoms. The Hall–Kier alpha value is -0.810. The van der Waals surface area contributed by atoms with Crippen molar-refractivity contribution >= 4 is 29.1 Å². The SMILES string of the molecule is N[C@@H]1CC[C@H](C(=O)NCC2(c3ccc(Cl)cc3Cl)CCOCC2)C1. The van der Waals surface area contributed by atoms with Gasteiger partial charge in [-0.2, -0.15) is 0 Å². The first-order chi connectivity index (χ1) is 11.5. The second-order valence-electron chi connectivity index (χ2n) is 7.00. The van der Waals surface area contributed by atoms with Gasteiger partial charge in [-0.25, -0.2) is 0 Å². The van der Waals surface area contributed by atoms with Crippen LogP contribution in [0.3, 0.4) is 0 Å². The van der Waals surface area contributed by atoms with Crippen LogP contribution in [0, 0.1) is 5.92 Å². The standard InChI is InChI=1S/C18H24Cl2N2O2/c19-13-2-4-15(16(20)10-13)18(5-7-24-8-6-18)11-22-17(23)12-1-3-14(21)9-12/h2,4,10,12,14H,1,3,5-9,11,21H2,(H,22,23)/t12-,14+/m0/s1. The molecule has 2 aliphatic rings. The molecule has 0 unspecified atom stereocenters. The predicted octanol–water partition coefficient (Wildman–Crippen LogP) is 3.29. The maximum atomic E-state index is 12.5. The Morgan fingerprint density at radius 2 is 2.04 bits per heavy atom. The number of halogens is 2. The van der Waals surface area contributed by atoms with E-state index in [9.17, 15) is 4.79 Å². The van der Waals surface area contributed by atoms with Crippen LogP contribution in [0.4, 0.5) is 0 Å². The minimum Gasteiger partial charge on any atom is -0.381 e. The van der Waals surface area contributed by atoms with Gasteiger partial charge in [-0.05, 0) is 49.8 Å². The van der Waals surface area contributed by atoms with E-state index in [0.29, 0.717) is 29.8 Å². The van der Waals surface area contributed by atoms with Crippen molar-refractivity contribution in [2.45, 2.75) is 43.6 Å². The van der Waals surface area contributed by atoms with Crippen molar-refractivity contribution in [2.24, 2.45) is 11.7 Å². The van der Waals surface area contributed by atoms with Crippen LogP contribution in [0.15, 0.2) is 18.2 Å². The Morgan fingerprint density at radius 3 is 2.67 bits per heavy atom. The van der Waals surface area contributed by atoms with Crippen LogP contribution in [-0.2, 0) is 14.9 Å². The highest BCUT2D eigenvalue weighted by atomic mass is 35.5. The fourth-order valence-corrected chi connectivity index (χ4v) is 4.49. The molecule has 1 amide bonds. The van der Waals surface area contributed by atoms with Crippen LogP contribution < -0.4 is 11.1 Å². The summed E-state index contributed by atoms with van der Waals surface area (Å²) in [6.45, 7) is 1.91. The van der Waals surface area contributed by atoms with Crippen molar-refractivity contribution in [3.63, 3.8) is 0 Å². The molecule has 2 fully saturated rings. The second kappa shape index (κ2) is 7.61. The Labute approximate surface area is 153 Å². The molecule has 2 atom stereocenters. The summed E-state index contributed by atoms with van der Waals surface area (Å²) < 4.78 is 5.53. The highest BCUT2D eigenvalue weighted by Crippen LogP contribution is 2.39. The maximum Gasteiger partial charge on any atom is 0.223 e. The van der Waals surface area contributed by atoms with E-state index in [-0.39, 0.29) is 23.3 Å². The minimum absolute atomic E-state index is 0.0394. The van der Waals surface area contributed by atoms with Crippen LogP contribution in [0.2, 0.25) is 10.0 Å². The lowest BCUT2D eigenvalue weighted by atomic mass is 9.74. The van der Waals surface area contributed by atoms with Crippen molar-refractivity contribution in [1.82, 2.24) is 5.32 Å². The molecule has 24 heavy (non-hydrogen) atoms. The summed E-state index contributed by atoms with van der Waals surface area (Å²) >= 11 is 12.5. The van der Waals surface area contributed by atoms with E-state index < -0.39 is 0 Å². The van der Waals surface area contributed by atoms with Crippen LogP contribution in [0.1, 0.15) is 37.7 Å². The van der Waals surface area contributed by atoms with Crippen molar-refractivity contribution in [2.75, 3.05) is 19.8 Å². The van der Waals surface area contributed by atoms with Gasteiger partial charge in [0.05, 0.1) is 0 Å². The summed E-state index contributed by atoms with van der Waals surface area (Å²) in [5, 5.41) is 4.43. The van der Waals surface area contributed by atoms with Crippen molar-refractivity contribution < 1.29 is 9.53 Å². The maximum absolute atomic E-state index is 12.5. The molecule has 0 radical (unpaired) electrons. The number of carbonyl (C=O) groups excluding carboxylic acids is 1. The van der Waals surface area contributed by atoms with Gasteiger partial charge in [0.1, 0.15) is 0 Å². The first-order valence-electron chi connectivity index (χ1n) is 8.57. The fourth-order valence-electron chi connectivity index (χ4n) is 3.88. The molecule has 1 aromatic rings. The van der Waals surface area contributed by atoms with E-state index in [4.69, 9.17) is 33.7 Å². The van der Waals surface area contributed by atoms with Gasteiger partial charge in [0.2, 0.25) is 5.91 Å². The number of nitrogens with two attached hydrogens (primary N) is 1. The Morgan fingerprint density at radius 1 is 1.29 bits per heavy atom. The Kier molecular flexibility index (Phi) is 5.70. The molecule has 1 heterocycles. The first-order valence-corrected chi connectivity index (χ1v) is 9.32. The van der Waals surface area contributed by atoms with Crippen molar-refractivity contribution in [3.05, 3.63) is 33.8 Å². The summed E-state index contributed by atoms with van der Waals surface area (Å²) in [5.74, 6) is 0.150. The van der Waals surface area contributed by atoms with Crippen LogP contribution in [0.25, 0.3) is 0 Å². The summed E-state index contributed by atoms with van der Waals surface area (Å²) in [7, 11) is 0. The van der Waals surface area contributed by atoms with E-state index in [2.05, 4.69) is 5.32 Å². The largest absolute Gasteiger partial charge is 0.381 e. The van der Waals surface area contributed by atoms with Crippen LogP contribution in [-0.4, -0.2) is 31.7 Å². The molecular formula is C18H24Cl2N2O2. The topological polar surface area (TPSA) is 64.4 Å². The fraction of sp³-hybridized carbons (Fsp3) is 0.611. The first kappa shape index (κ1) is 18.0. The van der Waals surface area contributed by atoms with Crippen molar-refractivity contribution in [1.29, 1.82) is 0 Å². The number of amides is 1. The molecule has 0 aromatic heterocycles. The summed E-state index contributed by atoms with van der Waals surface area (Å²) in [5.41, 5.74) is 6.77. The molecule has 1 aliphatic carbocycles. The van der Waals surface area contributed by atoms with Gasteiger partial charge >= 0.3 is 0 Å². The van der Waals surface area contributed by atoms with Gasteiger partial charge in [-0.3, -0.25) is 4.79 Å². The average Bonchev–Trinajstić information content (AvgIpc) is 3.00. The van der Waals surface area contributed by atoms with Gasteiger partial charge in [0.25, 0.3) is 0 Å². The van der Waals surface area contributed by atoms with Crippen LogP contribution >= 0.6 is 23.2 Å². The zero-order chi connectivity index (χ0) is 17.2. The Bertz CT molecular complexity index is 603. The van der Waals surface area contributed by atoms with E-state index in [1.165, 1.54) is 0 Å². The molecule has 1 aliphatic heterocycles. The lowest BCUT2D eigenvalue weighted by Gasteiger charge is -2.38. The molecule has 0 bridgehead atoms. The van der Waals surface area contributed by atoms with E-state index in [0.717, 1.165) is 37.7 Å². The number of ether oxygens (including phenoxy) is 1. The predicted molar refractivity (Wildman–Crippen MR) is 96.5 cm³/mol. The summed E-state index contributed by atoms with van der Waals surface area (Å²) in [4.78, 5) is 12.5. The lowest BCUT2D eigenvalue weighted by Crippen LogP contribution is -2.46. The Balaban J connectivity index is 1.75. The summed E-state index contributed by atoms with van der Waals surface area (Å²) in [6.07, 6.45) is 4.26. The second-order valence-corrected chi connectivity index (χ2v) is 7.85. The van der Waals surface area contributed by atoms with Gasteiger partial charge in [0, 0.05) is 47.2 Å². The lowest BCUT2D eigenvalue weighted by molar-refractivity contribution is -0.125. The molecule has 0 spiro atoms. The van der Waals surface area contributed by atoms with E-state index in [1.807, 2.05) is 12.1 Å². The van der Waals surface area contributed by atoms with Gasteiger partial charge in [0.15, 0.2) is 0 Å². The average molecular weight is 371 g/mol. The number of nitrogens with one attached hydrogen (secondary N) is 1. The van der Waals surface area contributed by atoms with Gasteiger partial charge in [-0.15, -0.1) is 0 Å². The molecule has 132 valence electrons. The number of rotatable bonds is 4. The highest BCUT2D eigenvalue weighted by molar-refractivity contribution is 6.35. The van der Waals surface area contributed by atoms with E-state index >= 15 is 0 Å². The number of hydrogen-bond acceptors (Lipinski definition) is 3. The number of hydrogen-bond donors (Lipinski definition) is 2. The smallest absolute Gasteiger partial charge is 0.223 e. The highest BCUT2D eigenvalue weighted by Gasteiger charge is 2.37. The van der Waals surface area contributed by atoms with Gasteiger partial charge < -0.3 is 15.8 Å². The third kappa shape index (κ3) is 3.88. The molecular weight excluding hydrogens is 347 g/mol. The summed E-state index contributed by atoms with van der Waals surface area (Å²) in [6, 6.07) is 5.77. The zero-order valence-electron chi connectivity index (χ0n) is 13.7. The molecule has 1 saturated heterocycles. The third-order valence-electron chi connectivity index (χ3n) is 5.40. The molecule has 4 nitrogen and oxygen atoms in total. The van der Waals surface area contributed by atoms with Crippen LogP contribution in [0.5, 0.6) is 0 Å². The monoisotopic (exact) mass is 370 g/mol. The minimum atomic E-state index is -0.198. The molecule has 3 rings (SSSR count). The number of benzene rings is 1. The molecule has 1 aromatic carbocycles. The normalized spacial score (nSPS) is 26.3. The number of carbonyl (C=O) groups is 1. The van der Waals surface area contributed by atoms with Crippen molar-refractivity contribution in [3.8, 4) is 0 Å². The quantitative estimate of drug-likeness (QED) is 0.854. The molecule has 1 saturated carbocycles. The third-order valence-corrected chi connectivity index (χ3v) is 5.95. The van der Waals surface area contributed by atoms with Gasteiger partial charge in [-0.1, -0.05) is 29.3 Å². The van der Waals surface area contributed by atoms with E-state index in [1.54, 1.807) is 6.07 Å². The zero-order valence-corrected chi connectivity index (χ0v) is 15.2. The molecule has 3 N–H and O–H groups in total.